The molecular weight excluding hydrogens is 391 g/mol. The number of rotatable bonds is 7. The van der Waals surface area contributed by atoms with Crippen LogP contribution in [0.5, 0.6) is 17.2 Å². The Bertz CT molecular complexity index is 824. The third-order valence-electron chi connectivity index (χ3n) is 3.91. The lowest BCUT2D eigenvalue weighted by Gasteiger charge is -2.35. The van der Waals surface area contributed by atoms with Gasteiger partial charge < -0.3 is 19.1 Å². The predicted molar refractivity (Wildman–Crippen MR) is 102 cm³/mol. The van der Waals surface area contributed by atoms with E-state index in [0.717, 1.165) is 16.5 Å². The fourth-order valence-corrected chi connectivity index (χ4v) is 3.71. The van der Waals surface area contributed by atoms with Gasteiger partial charge in [-0.2, -0.15) is 0 Å². The first-order valence-electron chi connectivity index (χ1n) is 8.53. The van der Waals surface area contributed by atoms with Crippen LogP contribution in [0.2, 0.25) is 0 Å². The van der Waals surface area contributed by atoms with Gasteiger partial charge in [0.15, 0.2) is 0 Å². The van der Waals surface area contributed by atoms with Crippen LogP contribution < -0.4 is 14.2 Å². The number of thioether (sulfide) groups is 1. The normalized spacial score (nSPS) is 13.8. The number of halogens is 3. The number of nitrogens with zero attached hydrogens (tertiary/aromatic N) is 1. The van der Waals surface area contributed by atoms with Gasteiger partial charge in [-0.05, 0) is 41.6 Å². The van der Waals surface area contributed by atoms with Crippen LogP contribution in [0, 0.1) is 5.37 Å². The molecule has 0 saturated carbocycles. The molecule has 0 bridgehead atoms. The van der Waals surface area contributed by atoms with E-state index in [1.54, 1.807) is 19.2 Å². The van der Waals surface area contributed by atoms with Gasteiger partial charge >= 0.3 is 6.36 Å². The van der Waals surface area contributed by atoms with Crippen LogP contribution in [-0.2, 0) is 6.54 Å². The Morgan fingerprint density at radius 3 is 2.43 bits per heavy atom. The number of hydrogen-bond donors (Lipinski definition) is 0. The van der Waals surface area contributed by atoms with Crippen LogP contribution in [0.1, 0.15) is 18.1 Å². The van der Waals surface area contributed by atoms with Crippen molar-refractivity contribution in [2.75, 3.05) is 13.7 Å². The second kappa shape index (κ2) is 8.60. The zero-order valence-electron chi connectivity index (χ0n) is 15.3. The zero-order chi connectivity index (χ0) is 20.1. The van der Waals surface area contributed by atoms with E-state index in [9.17, 15) is 13.2 Å². The molecule has 0 fully saturated rings. The van der Waals surface area contributed by atoms with Crippen LogP contribution >= 0.6 is 11.8 Å². The lowest BCUT2D eigenvalue weighted by Crippen LogP contribution is -2.20. The van der Waals surface area contributed by atoms with Gasteiger partial charge in [-0.1, -0.05) is 35.9 Å². The van der Waals surface area contributed by atoms with E-state index >= 15 is 0 Å². The highest BCUT2D eigenvalue weighted by Gasteiger charge is 2.31. The highest BCUT2D eigenvalue weighted by Crippen LogP contribution is 2.46. The molecule has 0 aliphatic carbocycles. The first-order chi connectivity index (χ1) is 13.4. The molecule has 0 amide bonds. The fourth-order valence-electron chi connectivity index (χ4n) is 2.79. The van der Waals surface area contributed by atoms with Crippen molar-refractivity contribution in [3.8, 4) is 17.2 Å². The molecule has 0 radical (unpaired) electrons. The van der Waals surface area contributed by atoms with Gasteiger partial charge in [-0.25, -0.2) is 0 Å². The van der Waals surface area contributed by atoms with Gasteiger partial charge in [0, 0.05) is 18.0 Å². The summed E-state index contributed by atoms with van der Waals surface area (Å²) in [4.78, 5) is 2.00. The Morgan fingerprint density at radius 1 is 1.07 bits per heavy atom. The Labute approximate surface area is 165 Å². The van der Waals surface area contributed by atoms with Gasteiger partial charge in [0.1, 0.15) is 5.75 Å². The molecule has 2 aromatic carbocycles. The van der Waals surface area contributed by atoms with Crippen LogP contribution in [0.25, 0.3) is 0 Å². The van der Waals surface area contributed by atoms with E-state index in [2.05, 4.69) is 4.74 Å². The molecule has 0 aromatic heterocycles. The van der Waals surface area contributed by atoms with E-state index in [1.807, 2.05) is 41.6 Å². The minimum absolute atomic E-state index is 0.241. The number of methoxy groups -OCH3 is 1. The topological polar surface area (TPSA) is 30.9 Å². The molecule has 1 aliphatic heterocycles. The van der Waals surface area contributed by atoms with Crippen LogP contribution in [0.15, 0.2) is 54.1 Å². The Morgan fingerprint density at radius 2 is 1.79 bits per heavy atom. The number of alkyl halides is 3. The average molecular weight is 410 g/mol. The molecular formula is C20H19F3NO3S-. The Balaban J connectivity index is 1.80. The monoisotopic (exact) mass is 410 g/mol. The van der Waals surface area contributed by atoms with E-state index < -0.39 is 6.36 Å². The Kier molecular flexibility index (Phi) is 6.18. The first-order valence-corrected chi connectivity index (χ1v) is 9.41. The first kappa shape index (κ1) is 20.1. The summed E-state index contributed by atoms with van der Waals surface area (Å²) in [6.45, 7) is 2.91. The maximum atomic E-state index is 12.3. The van der Waals surface area contributed by atoms with Crippen molar-refractivity contribution < 1.29 is 27.4 Å². The van der Waals surface area contributed by atoms with Crippen molar-refractivity contribution in [1.29, 1.82) is 0 Å². The SMILES string of the molecule is CCOc1cccc(OC)c1[C-]1SC=CN1Cc1ccc(OC(F)(F)F)cc1. The van der Waals surface area contributed by atoms with Crippen LogP contribution in [0.3, 0.4) is 0 Å². The summed E-state index contributed by atoms with van der Waals surface area (Å²) < 4.78 is 52.1. The molecule has 150 valence electrons. The minimum atomic E-state index is -4.70. The van der Waals surface area contributed by atoms with E-state index in [0.29, 0.717) is 24.7 Å². The van der Waals surface area contributed by atoms with E-state index in [4.69, 9.17) is 9.47 Å². The lowest BCUT2D eigenvalue weighted by atomic mass is 10.1. The molecule has 28 heavy (non-hydrogen) atoms. The summed E-state index contributed by atoms with van der Waals surface area (Å²) >= 11 is 1.53. The van der Waals surface area contributed by atoms with Crippen LogP contribution in [0.4, 0.5) is 13.2 Å². The highest BCUT2D eigenvalue weighted by molar-refractivity contribution is 8.05. The molecule has 2 aromatic rings. The third kappa shape index (κ3) is 4.81. The summed E-state index contributed by atoms with van der Waals surface area (Å²) in [5.41, 5.74) is 1.69. The van der Waals surface area contributed by atoms with Crippen molar-refractivity contribution >= 4 is 11.8 Å². The minimum Gasteiger partial charge on any atom is -0.553 e. The molecule has 0 N–H and O–H groups in total. The highest BCUT2D eigenvalue weighted by atomic mass is 32.2. The second-order valence-electron chi connectivity index (χ2n) is 5.79. The maximum absolute atomic E-state index is 12.3. The summed E-state index contributed by atoms with van der Waals surface area (Å²) in [5, 5.41) is 2.87. The average Bonchev–Trinajstić information content (AvgIpc) is 3.10. The summed E-state index contributed by atoms with van der Waals surface area (Å²) in [7, 11) is 1.60. The second-order valence-corrected chi connectivity index (χ2v) is 6.69. The van der Waals surface area contributed by atoms with E-state index in [1.165, 1.54) is 23.9 Å². The molecule has 1 aliphatic rings. The summed E-state index contributed by atoms with van der Waals surface area (Å²) in [6.07, 6.45) is -2.78. The quantitative estimate of drug-likeness (QED) is 0.559. The fraction of sp³-hybridized carbons (Fsp3) is 0.250. The van der Waals surface area contributed by atoms with Gasteiger partial charge in [-0.3, -0.25) is 0 Å². The predicted octanol–water partition coefficient (Wildman–Crippen LogP) is 5.55. The number of benzene rings is 2. The van der Waals surface area contributed by atoms with Crippen molar-refractivity contribution in [2.24, 2.45) is 0 Å². The van der Waals surface area contributed by atoms with Crippen LogP contribution in [-0.4, -0.2) is 25.0 Å². The van der Waals surface area contributed by atoms with Gasteiger partial charge in [0.05, 0.1) is 13.7 Å². The van der Waals surface area contributed by atoms with Gasteiger partial charge in [0.2, 0.25) is 0 Å². The molecule has 0 spiro atoms. The smallest absolute Gasteiger partial charge is 0.553 e. The molecule has 0 unspecified atom stereocenters. The zero-order valence-corrected chi connectivity index (χ0v) is 16.1. The van der Waals surface area contributed by atoms with Crippen molar-refractivity contribution in [1.82, 2.24) is 4.90 Å². The molecule has 0 atom stereocenters. The van der Waals surface area contributed by atoms with Gasteiger partial charge in [-0.15, -0.1) is 24.9 Å². The van der Waals surface area contributed by atoms with E-state index in [-0.39, 0.29) is 5.75 Å². The molecule has 0 saturated heterocycles. The number of ether oxygens (including phenoxy) is 3. The largest absolute Gasteiger partial charge is 0.573 e. The standard InChI is InChI=1S/C20H19F3NO3S/c1-3-26-17-6-4-5-16(25-2)18(17)19-24(11-12-28-19)13-14-7-9-15(10-8-14)27-20(21,22)23/h4-12H,3,13H2,1-2H3/q-1. The number of hydrogen-bond acceptors (Lipinski definition) is 5. The van der Waals surface area contributed by atoms with Crippen molar-refractivity contribution in [2.45, 2.75) is 19.8 Å². The Hall–Kier alpha value is -2.61. The molecule has 4 nitrogen and oxygen atoms in total. The maximum Gasteiger partial charge on any atom is 0.573 e. The summed E-state index contributed by atoms with van der Waals surface area (Å²) in [6, 6.07) is 11.5. The van der Waals surface area contributed by atoms with Crippen molar-refractivity contribution in [3.05, 3.63) is 70.6 Å². The molecule has 3 rings (SSSR count). The van der Waals surface area contributed by atoms with Gasteiger partial charge in [0.25, 0.3) is 0 Å². The third-order valence-corrected chi connectivity index (χ3v) is 4.83. The van der Waals surface area contributed by atoms with Crippen molar-refractivity contribution in [3.63, 3.8) is 0 Å². The molecule has 1 heterocycles. The molecule has 8 heteroatoms. The summed E-state index contributed by atoms with van der Waals surface area (Å²) in [5.74, 6) is 1.17. The lowest BCUT2D eigenvalue weighted by molar-refractivity contribution is -0.274.